The summed E-state index contributed by atoms with van der Waals surface area (Å²) in [6, 6.07) is 15.4. The third kappa shape index (κ3) is 3.09. The highest BCUT2D eigenvalue weighted by atomic mass is 35.5. The average Bonchev–Trinajstić information content (AvgIpc) is 2.81. The maximum Gasteiger partial charge on any atom is 0.244 e. The normalized spacial score (nSPS) is 10.8. The molecule has 0 atom stereocenters. The molecular formula is C17H15ClN2O. The molecule has 1 N–H and O–H groups in total. The van der Waals surface area contributed by atoms with Gasteiger partial charge in [0, 0.05) is 27.8 Å². The molecule has 3 nitrogen and oxygen atoms in total. The molecule has 0 saturated heterocycles. The van der Waals surface area contributed by atoms with E-state index in [-0.39, 0.29) is 12.5 Å². The van der Waals surface area contributed by atoms with Gasteiger partial charge in [-0.3, -0.25) is 4.79 Å². The number of carbonyl (C=O) groups excluding carboxylic acids is 1. The van der Waals surface area contributed by atoms with E-state index in [1.54, 1.807) is 0 Å². The summed E-state index contributed by atoms with van der Waals surface area (Å²) in [5.41, 5.74) is 2.94. The van der Waals surface area contributed by atoms with Gasteiger partial charge in [0.25, 0.3) is 0 Å². The van der Waals surface area contributed by atoms with E-state index in [0.717, 1.165) is 22.2 Å². The Labute approximate surface area is 128 Å². The number of benzene rings is 2. The van der Waals surface area contributed by atoms with Crippen LogP contribution in [-0.4, -0.2) is 10.5 Å². The van der Waals surface area contributed by atoms with E-state index in [4.69, 9.17) is 11.6 Å². The summed E-state index contributed by atoms with van der Waals surface area (Å²) in [6.07, 6.45) is 1.90. The maximum atomic E-state index is 12.1. The van der Waals surface area contributed by atoms with Gasteiger partial charge in [-0.15, -0.1) is 0 Å². The molecule has 0 spiro atoms. The lowest BCUT2D eigenvalue weighted by atomic mass is 10.2. The van der Waals surface area contributed by atoms with E-state index in [0.29, 0.717) is 5.02 Å². The van der Waals surface area contributed by atoms with Gasteiger partial charge in [-0.2, -0.15) is 0 Å². The minimum absolute atomic E-state index is 0.0481. The quantitative estimate of drug-likeness (QED) is 0.771. The molecule has 3 aromatic rings. The molecule has 1 amide bonds. The van der Waals surface area contributed by atoms with Crippen molar-refractivity contribution < 1.29 is 4.79 Å². The van der Waals surface area contributed by atoms with Gasteiger partial charge >= 0.3 is 0 Å². The molecule has 0 aliphatic rings. The van der Waals surface area contributed by atoms with Crippen LogP contribution in [0.2, 0.25) is 5.02 Å². The molecule has 1 heterocycles. The van der Waals surface area contributed by atoms with Crippen molar-refractivity contribution in [1.29, 1.82) is 0 Å². The number of anilines is 1. The molecule has 2 aromatic carbocycles. The van der Waals surface area contributed by atoms with Crippen molar-refractivity contribution in [3.63, 3.8) is 0 Å². The SMILES string of the molecule is Cc1cccc(NC(=O)Cn2ccc3cc(Cl)ccc32)c1. The summed E-state index contributed by atoms with van der Waals surface area (Å²) in [4.78, 5) is 12.1. The zero-order valence-electron chi connectivity index (χ0n) is 11.6. The Bertz CT molecular complexity index is 807. The lowest BCUT2D eigenvalue weighted by Gasteiger charge is -2.08. The van der Waals surface area contributed by atoms with Crippen molar-refractivity contribution in [3.8, 4) is 0 Å². The van der Waals surface area contributed by atoms with Crippen LogP contribution in [0.4, 0.5) is 5.69 Å². The van der Waals surface area contributed by atoms with Crippen molar-refractivity contribution in [3.05, 3.63) is 65.3 Å². The molecule has 4 heteroatoms. The van der Waals surface area contributed by atoms with Crippen molar-refractivity contribution in [2.24, 2.45) is 0 Å². The Hall–Kier alpha value is -2.26. The van der Waals surface area contributed by atoms with Gasteiger partial charge in [-0.05, 0) is 48.9 Å². The summed E-state index contributed by atoms with van der Waals surface area (Å²) < 4.78 is 1.91. The summed E-state index contributed by atoms with van der Waals surface area (Å²) in [5, 5.41) is 4.64. The number of fused-ring (bicyclic) bond motifs is 1. The summed E-state index contributed by atoms with van der Waals surface area (Å²) >= 11 is 5.97. The Morgan fingerprint density at radius 3 is 2.86 bits per heavy atom. The van der Waals surface area contributed by atoms with E-state index >= 15 is 0 Å². The van der Waals surface area contributed by atoms with Gasteiger partial charge in [-0.25, -0.2) is 0 Å². The fraction of sp³-hybridized carbons (Fsp3) is 0.118. The van der Waals surface area contributed by atoms with Gasteiger partial charge in [-0.1, -0.05) is 23.7 Å². The van der Waals surface area contributed by atoms with Gasteiger partial charge in [0.2, 0.25) is 5.91 Å². The van der Waals surface area contributed by atoms with Crippen LogP contribution in [-0.2, 0) is 11.3 Å². The van der Waals surface area contributed by atoms with Gasteiger partial charge in [0.15, 0.2) is 0 Å². The number of aromatic nitrogens is 1. The predicted molar refractivity (Wildman–Crippen MR) is 86.8 cm³/mol. The number of aryl methyl sites for hydroxylation is 1. The summed E-state index contributed by atoms with van der Waals surface area (Å²) in [7, 11) is 0. The summed E-state index contributed by atoms with van der Waals surface area (Å²) in [6.45, 7) is 2.28. The zero-order chi connectivity index (χ0) is 14.8. The second-order valence-corrected chi connectivity index (χ2v) is 5.50. The van der Waals surface area contributed by atoms with Crippen molar-refractivity contribution in [2.75, 3.05) is 5.32 Å². The standard InChI is InChI=1S/C17H15ClN2O/c1-12-3-2-4-15(9-12)19-17(21)11-20-8-7-13-10-14(18)5-6-16(13)20/h2-10H,11H2,1H3,(H,19,21). The predicted octanol–water partition coefficient (Wildman–Crippen LogP) is 4.24. The van der Waals surface area contributed by atoms with E-state index < -0.39 is 0 Å². The highest BCUT2D eigenvalue weighted by molar-refractivity contribution is 6.31. The minimum Gasteiger partial charge on any atom is -0.338 e. The number of hydrogen-bond acceptors (Lipinski definition) is 1. The number of nitrogens with one attached hydrogen (secondary N) is 1. The molecule has 1 aromatic heterocycles. The first kappa shape index (κ1) is 13.7. The molecule has 0 unspecified atom stereocenters. The third-order valence-electron chi connectivity index (χ3n) is 3.35. The van der Waals surface area contributed by atoms with E-state index in [1.807, 2.05) is 66.2 Å². The number of halogens is 1. The average molecular weight is 299 g/mol. The Balaban J connectivity index is 1.77. The Morgan fingerprint density at radius 1 is 1.19 bits per heavy atom. The maximum absolute atomic E-state index is 12.1. The number of amides is 1. The smallest absolute Gasteiger partial charge is 0.244 e. The molecule has 3 rings (SSSR count). The fourth-order valence-electron chi connectivity index (χ4n) is 2.39. The first-order valence-corrected chi connectivity index (χ1v) is 7.10. The highest BCUT2D eigenvalue weighted by Gasteiger charge is 2.07. The topological polar surface area (TPSA) is 34.0 Å². The van der Waals surface area contributed by atoms with Gasteiger partial charge < -0.3 is 9.88 Å². The van der Waals surface area contributed by atoms with Crippen molar-refractivity contribution >= 4 is 34.1 Å². The van der Waals surface area contributed by atoms with Gasteiger partial charge in [0.05, 0.1) is 0 Å². The number of rotatable bonds is 3. The van der Waals surface area contributed by atoms with Crippen LogP contribution in [0, 0.1) is 6.92 Å². The van der Waals surface area contributed by atoms with Crippen LogP contribution < -0.4 is 5.32 Å². The Kier molecular flexibility index (Phi) is 3.67. The second-order valence-electron chi connectivity index (χ2n) is 5.06. The highest BCUT2D eigenvalue weighted by Crippen LogP contribution is 2.20. The molecule has 21 heavy (non-hydrogen) atoms. The molecule has 106 valence electrons. The van der Waals surface area contributed by atoms with Crippen LogP contribution in [0.25, 0.3) is 10.9 Å². The van der Waals surface area contributed by atoms with E-state index in [9.17, 15) is 4.79 Å². The molecular weight excluding hydrogens is 284 g/mol. The third-order valence-corrected chi connectivity index (χ3v) is 3.58. The van der Waals surface area contributed by atoms with Crippen LogP contribution in [0.5, 0.6) is 0 Å². The lowest BCUT2D eigenvalue weighted by Crippen LogP contribution is -2.18. The molecule has 0 saturated carbocycles. The molecule has 0 bridgehead atoms. The van der Waals surface area contributed by atoms with Crippen LogP contribution >= 0.6 is 11.6 Å². The fourth-order valence-corrected chi connectivity index (χ4v) is 2.57. The summed E-state index contributed by atoms with van der Waals surface area (Å²) in [5.74, 6) is -0.0481. The van der Waals surface area contributed by atoms with E-state index in [2.05, 4.69) is 5.32 Å². The van der Waals surface area contributed by atoms with Crippen LogP contribution in [0.15, 0.2) is 54.7 Å². The number of carbonyl (C=O) groups is 1. The molecule has 0 fully saturated rings. The largest absolute Gasteiger partial charge is 0.338 e. The second kappa shape index (κ2) is 5.62. The molecule has 0 radical (unpaired) electrons. The van der Waals surface area contributed by atoms with Crippen molar-refractivity contribution in [1.82, 2.24) is 4.57 Å². The zero-order valence-corrected chi connectivity index (χ0v) is 12.4. The minimum atomic E-state index is -0.0481. The van der Waals surface area contributed by atoms with Crippen molar-refractivity contribution in [2.45, 2.75) is 13.5 Å². The lowest BCUT2D eigenvalue weighted by molar-refractivity contribution is -0.116. The number of nitrogens with zero attached hydrogens (tertiary/aromatic N) is 1. The molecule has 0 aliphatic heterocycles. The van der Waals surface area contributed by atoms with Crippen LogP contribution in [0.1, 0.15) is 5.56 Å². The van der Waals surface area contributed by atoms with E-state index in [1.165, 1.54) is 0 Å². The Morgan fingerprint density at radius 2 is 2.05 bits per heavy atom. The first-order valence-electron chi connectivity index (χ1n) is 6.73. The first-order chi connectivity index (χ1) is 10.1. The molecule has 0 aliphatic carbocycles. The monoisotopic (exact) mass is 298 g/mol. The van der Waals surface area contributed by atoms with Gasteiger partial charge in [0.1, 0.15) is 6.54 Å². The van der Waals surface area contributed by atoms with Crippen LogP contribution in [0.3, 0.4) is 0 Å². The number of hydrogen-bond donors (Lipinski definition) is 1.